The van der Waals surface area contributed by atoms with Crippen molar-refractivity contribution in [1.29, 1.82) is 0 Å². The van der Waals surface area contributed by atoms with E-state index in [0.717, 1.165) is 21.5 Å². The van der Waals surface area contributed by atoms with Gasteiger partial charge in [0.25, 0.3) is 0 Å². The van der Waals surface area contributed by atoms with E-state index in [4.69, 9.17) is 4.74 Å². The molecule has 1 aromatic carbocycles. The van der Waals surface area contributed by atoms with Crippen LogP contribution in [-0.4, -0.2) is 21.8 Å². The number of aliphatic hydroxyl groups excluding tert-OH is 1. The van der Waals surface area contributed by atoms with E-state index in [0.29, 0.717) is 12.5 Å². The number of methoxy groups -OCH3 is 1. The quantitative estimate of drug-likeness (QED) is 0.911. The number of aliphatic hydroxyl groups is 1. The van der Waals surface area contributed by atoms with Crippen molar-refractivity contribution in [2.45, 2.75) is 31.4 Å². The molecule has 1 aliphatic carbocycles. The average molecular weight is 337 g/mol. The summed E-state index contributed by atoms with van der Waals surface area (Å²) in [4.78, 5) is 4.17. The maximum Gasteiger partial charge on any atom is 0.122 e. The number of imidazole rings is 1. The third kappa shape index (κ3) is 2.74. The van der Waals surface area contributed by atoms with Gasteiger partial charge in [-0.15, -0.1) is 0 Å². The molecule has 1 atom stereocenters. The lowest BCUT2D eigenvalue weighted by atomic mass is 10.0. The Morgan fingerprint density at radius 1 is 1.50 bits per heavy atom. The van der Waals surface area contributed by atoms with E-state index in [2.05, 4.69) is 25.5 Å². The van der Waals surface area contributed by atoms with Gasteiger partial charge >= 0.3 is 0 Å². The van der Waals surface area contributed by atoms with E-state index in [1.807, 2.05) is 24.5 Å². The Kier molecular flexibility index (Phi) is 3.81. The molecule has 0 radical (unpaired) electrons. The number of aromatic nitrogens is 2. The Morgan fingerprint density at radius 2 is 2.30 bits per heavy atom. The molecule has 3 rings (SSSR count). The van der Waals surface area contributed by atoms with Gasteiger partial charge in [-0.3, -0.25) is 0 Å². The van der Waals surface area contributed by atoms with Crippen LogP contribution in [0.4, 0.5) is 0 Å². The van der Waals surface area contributed by atoms with Crippen molar-refractivity contribution >= 4 is 15.9 Å². The van der Waals surface area contributed by atoms with Crippen molar-refractivity contribution in [2.75, 3.05) is 7.11 Å². The molecule has 0 amide bonds. The minimum absolute atomic E-state index is 0.515. The highest BCUT2D eigenvalue weighted by Crippen LogP contribution is 2.37. The summed E-state index contributed by atoms with van der Waals surface area (Å²) in [6.07, 6.45) is 5.87. The van der Waals surface area contributed by atoms with Gasteiger partial charge in [0.05, 0.1) is 31.4 Å². The van der Waals surface area contributed by atoms with E-state index in [1.165, 1.54) is 12.8 Å². The van der Waals surface area contributed by atoms with Gasteiger partial charge in [-0.1, -0.05) is 15.9 Å². The molecule has 2 aromatic rings. The molecule has 0 aliphatic heterocycles. The summed E-state index contributed by atoms with van der Waals surface area (Å²) in [5.41, 5.74) is 1.87. The summed E-state index contributed by atoms with van der Waals surface area (Å²) in [5.74, 6) is 0.796. The van der Waals surface area contributed by atoms with Crippen molar-refractivity contribution < 1.29 is 9.84 Å². The molecule has 4 nitrogen and oxygen atoms in total. The van der Waals surface area contributed by atoms with Gasteiger partial charge in [-0.05, 0) is 36.6 Å². The van der Waals surface area contributed by atoms with Crippen LogP contribution in [0, 0.1) is 0 Å². The minimum Gasteiger partial charge on any atom is -0.496 e. The lowest BCUT2D eigenvalue weighted by Gasteiger charge is -2.15. The Hall–Kier alpha value is -1.33. The predicted molar refractivity (Wildman–Crippen MR) is 79.9 cm³/mol. The molecule has 1 aromatic heterocycles. The van der Waals surface area contributed by atoms with Crippen LogP contribution >= 0.6 is 15.9 Å². The van der Waals surface area contributed by atoms with E-state index >= 15 is 0 Å². The molecule has 5 heteroatoms. The van der Waals surface area contributed by atoms with Crippen molar-refractivity contribution in [3.05, 3.63) is 46.5 Å². The summed E-state index contributed by atoms with van der Waals surface area (Å²) in [6, 6.07) is 6.35. The Balaban J connectivity index is 1.83. The standard InChI is InChI=1S/C15H17BrN2O2/c1-20-15-5-2-11(16)6-10(15)7-14(19)13-8-17-9-18(13)12-3-4-12/h2,5-6,8-9,12,14,19H,3-4,7H2,1H3. The van der Waals surface area contributed by atoms with Crippen LogP contribution in [0.25, 0.3) is 0 Å². The van der Waals surface area contributed by atoms with Gasteiger partial charge in [-0.2, -0.15) is 0 Å². The summed E-state index contributed by atoms with van der Waals surface area (Å²) >= 11 is 3.46. The SMILES string of the molecule is COc1ccc(Br)cc1CC(O)c1cncn1C1CC1. The van der Waals surface area contributed by atoms with Gasteiger partial charge in [-0.25, -0.2) is 4.98 Å². The topological polar surface area (TPSA) is 47.3 Å². The van der Waals surface area contributed by atoms with Crippen LogP contribution in [0.3, 0.4) is 0 Å². The number of nitrogens with zero attached hydrogens (tertiary/aromatic N) is 2. The molecule has 0 spiro atoms. The second-order valence-corrected chi connectivity index (χ2v) is 6.05. The molecule has 1 saturated carbocycles. The van der Waals surface area contributed by atoms with Crippen molar-refractivity contribution in [1.82, 2.24) is 9.55 Å². The number of hydrogen-bond acceptors (Lipinski definition) is 3. The molecule has 20 heavy (non-hydrogen) atoms. The van der Waals surface area contributed by atoms with Crippen molar-refractivity contribution in [3.8, 4) is 5.75 Å². The molecule has 1 fully saturated rings. The largest absolute Gasteiger partial charge is 0.496 e. The zero-order valence-electron chi connectivity index (χ0n) is 11.3. The van der Waals surface area contributed by atoms with Gasteiger partial charge in [0.15, 0.2) is 0 Å². The summed E-state index contributed by atoms with van der Waals surface area (Å²) in [5, 5.41) is 10.5. The van der Waals surface area contributed by atoms with E-state index in [-0.39, 0.29) is 0 Å². The molecule has 106 valence electrons. The fraction of sp³-hybridized carbons (Fsp3) is 0.400. The number of ether oxygens (including phenoxy) is 1. The van der Waals surface area contributed by atoms with Crippen LogP contribution < -0.4 is 4.74 Å². The number of halogens is 1. The smallest absolute Gasteiger partial charge is 0.122 e. The monoisotopic (exact) mass is 336 g/mol. The second-order valence-electron chi connectivity index (χ2n) is 5.13. The van der Waals surface area contributed by atoms with Gasteiger partial charge < -0.3 is 14.4 Å². The van der Waals surface area contributed by atoms with Crippen molar-refractivity contribution in [2.24, 2.45) is 0 Å². The first kappa shape index (κ1) is 13.6. The van der Waals surface area contributed by atoms with Crippen LogP contribution in [0.15, 0.2) is 35.2 Å². The molecular weight excluding hydrogens is 320 g/mol. The highest BCUT2D eigenvalue weighted by atomic mass is 79.9. The first-order chi connectivity index (χ1) is 9.69. The second kappa shape index (κ2) is 5.58. The van der Waals surface area contributed by atoms with Crippen molar-refractivity contribution in [3.63, 3.8) is 0 Å². The molecule has 0 saturated heterocycles. The summed E-state index contributed by atoms with van der Waals surface area (Å²) in [7, 11) is 1.65. The maximum atomic E-state index is 10.5. The van der Waals surface area contributed by atoms with Crippen LogP contribution in [0.5, 0.6) is 5.75 Å². The molecule has 1 unspecified atom stereocenters. The van der Waals surface area contributed by atoms with Gasteiger partial charge in [0.1, 0.15) is 5.75 Å². The number of rotatable bonds is 5. The van der Waals surface area contributed by atoms with Gasteiger partial charge in [0.2, 0.25) is 0 Å². The molecule has 0 bridgehead atoms. The van der Waals surface area contributed by atoms with Crippen LogP contribution in [0.2, 0.25) is 0 Å². The third-order valence-electron chi connectivity index (χ3n) is 3.63. The molecule has 1 heterocycles. The average Bonchev–Trinajstić information content (AvgIpc) is 3.16. The Bertz CT molecular complexity index is 608. The predicted octanol–water partition coefficient (Wildman–Crippen LogP) is 3.27. The van der Waals surface area contributed by atoms with E-state index in [1.54, 1.807) is 13.3 Å². The number of hydrogen-bond donors (Lipinski definition) is 1. The summed E-state index contributed by atoms with van der Waals surface area (Å²) < 4.78 is 8.43. The highest BCUT2D eigenvalue weighted by molar-refractivity contribution is 9.10. The minimum atomic E-state index is -0.568. The molecule has 1 N–H and O–H groups in total. The van der Waals surface area contributed by atoms with Crippen LogP contribution in [-0.2, 0) is 6.42 Å². The first-order valence-electron chi connectivity index (χ1n) is 6.71. The van der Waals surface area contributed by atoms with E-state index in [9.17, 15) is 5.11 Å². The zero-order valence-corrected chi connectivity index (χ0v) is 12.9. The third-order valence-corrected chi connectivity index (χ3v) is 4.13. The zero-order chi connectivity index (χ0) is 14.1. The Morgan fingerprint density at radius 3 is 3.00 bits per heavy atom. The first-order valence-corrected chi connectivity index (χ1v) is 7.50. The lowest BCUT2D eigenvalue weighted by molar-refractivity contribution is 0.167. The molecular formula is C15H17BrN2O2. The highest BCUT2D eigenvalue weighted by Gasteiger charge is 2.27. The fourth-order valence-corrected chi connectivity index (χ4v) is 2.86. The number of benzene rings is 1. The van der Waals surface area contributed by atoms with E-state index < -0.39 is 6.10 Å². The van der Waals surface area contributed by atoms with Gasteiger partial charge in [0, 0.05) is 16.9 Å². The lowest BCUT2D eigenvalue weighted by Crippen LogP contribution is -2.09. The normalized spacial score (nSPS) is 16.1. The fourth-order valence-electron chi connectivity index (χ4n) is 2.45. The maximum absolute atomic E-state index is 10.5. The molecule has 1 aliphatic rings. The van der Waals surface area contributed by atoms with Crippen LogP contribution in [0.1, 0.15) is 36.2 Å². The summed E-state index contributed by atoms with van der Waals surface area (Å²) in [6.45, 7) is 0. The Labute approximate surface area is 126 Å².